The van der Waals surface area contributed by atoms with Gasteiger partial charge in [0.1, 0.15) is 23.6 Å². The highest BCUT2D eigenvalue weighted by Crippen LogP contribution is 2.27. The summed E-state index contributed by atoms with van der Waals surface area (Å²) >= 11 is 0. The van der Waals surface area contributed by atoms with Gasteiger partial charge in [-0.25, -0.2) is 9.97 Å². The Hall–Kier alpha value is -3.21. The third-order valence-electron chi connectivity index (χ3n) is 3.69. The first kappa shape index (κ1) is 13.5. The van der Waals surface area contributed by atoms with Gasteiger partial charge in [0.05, 0.1) is 23.5 Å². The normalized spacial score (nSPS) is 12.6. The number of aromatic nitrogens is 2. The lowest BCUT2D eigenvalue weighted by atomic mass is 10.0. The van der Waals surface area contributed by atoms with Crippen molar-refractivity contribution < 1.29 is 4.74 Å². The van der Waals surface area contributed by atoms with Crippen LogP contribution in [0.25, 0.3) is 0 Å². The highest BCUT2D eigenvalue weighted by atomic mass is 16.5. The monoisotopic (exact) mass is 302 g/mol. The molecule has 0 fully saturated rings. The van der Waals surface area contributed by atoms with Crippen molar-refractivity contribution in [2.45, 2.75) is 6.54 Å². The lowest BCUT2D eigenvalue weighted by molar-refractivity contribution is 0.482. The smallest absolute Gasteiger partial charge is 0.136 e. The van der Waals surface area contributed by atoms with Gasteiger partial charge in [0.25, 0.3) is 0 Å². The fourth-order valence-electron chi connectivity index (χ4n) is 2.59. The molecule has 23 heavy (non-hydrogen) atoms. The molecule has 2 aromatic carbocycles. The fourth-order valence-corrected chi connectivity index (χ4v) is 2.59. The standard InChI is InChI=1S/C18H14N4O/c19-18-16-15(21-11-22-18)10-20-17(16)12-6-8-14(9-7-12)23-13-4-2-1-3-5-13/h1-9,11H,10H2,(H2,19,21,22). The molecular formula is C18H14N4O. The molecule has 4 rings (SSSR count). The van der Waals surface area contributed by atoms with E-state index in [1.807, 2.05) is 54.6 Å². The molecule has 0 aliphatic carbocycles. The third-order valence-corrected chi connectivity index (χ3v) is 3.69. The van der Waals surface area contributed by atoms with Gasteiger partial charge in [-0.15, -0.1) is 0 Å². The summed E-state index contributed by atoms with van der Waals surface area (Å²) in [5.41, 5.74) is 9.50. The van der Waals surface area contributed by atoms with Gasteiger partial charge in [0, 0.05) is 5.56 Å². The number of ether oxygens (including phenoxy) is 1. The Morgan fingerprint density at radius 1 is 0.870 bits per heavy atom. The molecule has 0 radical (unpaired) electrons. The van der Waals surface area contributed by atoms with Crippen molar-refractivity contribution in [1.82, 2.24) is 9.97 Å². The van der Waals surface area contributed by atoms with Crippen molar-refractivity contribution in [3.8, 4) is 11.5 Å². The number of nitrogens with two attached hydrogens (primary N) is 1. The van der Waals surface area contributed by atoms with Crippen LogP contribution in [0.4, 0.5) is 5.82 Å². The molecule has 1 aromatic heterocycles. The first-order valence-electron chi connectivity index (χ1n) is 7.29. The molecule has 112 valence electrons. The van der Waals surface area contributed by atoms with E-state index in [9.17, 15) is 0 Å². The molecule has 0 saturated carbocycles. The number of rotatable bonds is 3. The first-order chi connectivity index (χ1) is 11.3. The number of nitrogen functional groups attached to an aromatic ring is 1. The summed E-state index contributed by atoms with van der Waals surface area (Å²) in [6.07, 6.45) is 1.48. The molecule has 2 N–H and O–H groups in total. The van der Waals surface area contributed by atoms with E-state index in [4.69, 9.17) is 10.5 Å². The van der Waals surface area contributed by atoms with E-state index < -0.39 is 0 Å². The first-order valence-corrected chi connectivity index (χ1v) is 7.29. The largest absolute Gasteiger partial charge is 0.457 e. The van der Waals surface area contributed by atoms with Crippen molar-refractivity contribution in [2.75, 3.05) is 5.73 Å². The minimum atomic E-state index is 0.468. The molecule has 5 heteroatoms. The Morgan fingerprint density at radius 2 is 1.61 bits per heavy atom. The number of benzene rings is 2. The molecule has 0 unspecified atom stereocenters. The van der Waals surface area contributed by atoms with Crippen LogP contribution < -0.4 is 10.5 Å². The summed E-state index contributed by atoms with van der Waals surface area (Å²) in [5.74, 6) is 2.05. The summed E-state index contributed by atoms with van der Waals surface area (Å²) in [4.78, 5) is 12.8. The van der Waals surface area contributed by atoms with Crippen LogP contribution >= 0.6 is 0 Å². The Labute approximate surface area is 133 Å². The maximum absolute atomic E-state index is 5.98. The predicted molar refractivity (Wildman–Crippen MR) is 88.7 cm³/mol. The van der Waals surface area contributed by atoms with E-state index in [1.54, 1.807) is 0 Å². The van der Waals surface area contributed by atoms with Crippen LogP contribution in [0.3, 0.4) is 0 Å². The van der Waals surface area contributed by atoms with Gasteiger partial charge in [-0.1, -0.05) is 18.2 Å². The molecule has 0 saturated heterocycles. The lowest BCUT2D eigenvalue weighted by Crippen LogP contribution is -2.07. The zero-order valence-corrected chi connectivity index (χ0v) is 12.3. The Balaban J connectivity index is 1.61. The quantitative estimate of drug-likeness (QED) is 0.806. The zero-order chi connectivity index (χ0) is 15.6. The fraction of sp³-hybridized carbons (Fsp3) is 0.0556. The van der Waals surface area contributed by atoms with Gasteiger partial charge >= 0.3 is 0 Å². The van der Waals surface area contributed by atoms with E-state index >= 15 is 0 Å². The lowest BCUT2D eigenvalue weighted by Gasteiger charge is -2.08. The van der Waals surface area contributed by atoms with Crippen molar-refractivity contribution in [1.29, 1.82) is 0 Å². The van der Waals surface area contributed by atoms with Crippen molar-refractivity contribution >= 4 is 11.5 Å². The minimum absolute atomic E-state index is 0.468. The molecule has 0 atom stereocenters. The Morgan fingerprint density at radius 3 is 2.39 bits per heavy atom. The van der Waals surface area contributed by atoms with E-state index in [2.05, 4.69) is 15.0 Å². The maximum atomic E-state index is 5.98. The topological polar surface area (TPSA) is 73.4 Å². The van der Waals surface area contributed by atoms with E-state index in [0.717, 1.165) is 34.0 Å². The van der Waals surface area contributed by atoms with Crippen LogP contribution in [0, 0.1) is 0 Å². The second kappa shape index (κ2) is 5.53. The van der Waals surface area contributed by atoms with Crippen LogP contribution in [0.5, 0.6) is 11.5 Å². The zero-order valence-electron chi connectivity index (χ0n) is 12.3. The molecule has 0 bridgehead atoms. The highest BCUT2D eigenvalue weighted by molar-refractivity contribution is 6.17. The van der Waals surface area contributed by atoms with Crippen molar-refractivity contribution in [3.05, 3.63) is 77.7 Å². The number of hydrogen-bond donors (Lipinski definition) is 1. The Kier molecular flexibility index (Phi) is 3.24. The highest BCUT2D eigenvalue weighted by Gasteiger charge is 2.22. The van der Waals surface area contributed by atoms with Gasteiger partial charge in [0.15, 0.2) is 0 Å². The maximum Gasteiger partial charge on any atom is 0.136 e. The molecular weight excluding hydrogens is 288 g/mol. The summed E-state index contributed by atoms with van der Waals surface area (Å²) in [7, 11) is 0. The van der Waals surface area contributed by atoms with Crippen LogP contribution in [-0.4, -0.2) is 15.7 Å². The summed E-state index contributed by atoms with van der Waals surface area (Å²) in [6, 6.07) is 17.5. The molecule has 2 heterocycles. The minimum Gasteiger partial charge on any atom is -0.457 e. The molecule has 5 nitrogen and oxygen atoms in total. The average molecular weight is 302 g/mol. The number of para-hydroxylation sites is 1. The average Bonchev–Trinajstić information content (AvgIpc) is 3.02. The molecule has 1 aliphatic rings. The van der Waals surface area contributed by atoms with Crippen molar-refractivity contribution in [3.63, 3.8) is 0 Å². The second-order valence-corrected chi connectivity index (χ2v) is 5.18. The van der Waals surface area contributed by atoms with Crippen molar-refractivity contribution in [2.24, 2.45) is 4.99 Å². The SMILES string of the molecule is Nc1ncnc2c1C(c1ccc(Oc3ccccc3)cc1)=NC2. The molecule has 0 spiro atoms. The van der Waals surface area contributed by atoms with Gasteiger partial charge in [-0.05, 0) is 36.4 Å². The molecule has 1 aliphatic heterocycles. The number of hydrogen-bond acceptors (Lipinski definition) is 5. The number of fused-ring (bicyclic) bond motifs is 1. The molecule has 3 aromatic rings. The molecule has 0 amide bonds. The van der Waals surface area contributed by atoms with Crippen LogP contribution in [0.15, 0.2) is 65.9 Å². The van der Waals surface area contributed by atoms with Gasteiger partial charge < -0.3 is 10.5 Å². The number of aliphatic imine (C=N–C) groups is 1. The van der Waals surface area contributed by atoms with Gasteiger partial charge in [-0.3, -0.25) is 4.99 Å². The number of anilines is 1. The summed E-state index contributed by atoms with van der Waals surface area (Å²) < 4.78 is 5.80. The number of nitrogens with zero attached hydrogens (tertiary/aromatic N) is 3. The van der Waals surface area contributed by atoms with Crippen LogP contribution in [0.2, 0.25) is 0 Å². The predicted octanol–water partition coefficient (Wildman–Crippen LogP) is 3.20. The summed E-state index contributed by atoms with van der Waals surface area (Å²) in [5, 5.41) is 0. The summed E-state index contributed by atoms with van der Waals surface area (Å²) in [6.45, 7) is 0.541. The third kappa shape index (κ3) is 2.53. The van der Waals surface area contributed by atoms with Gasteiger partial charge in [-0.2, -0.15) is 0 Å². The second-order valence-electron chi connectivity index (χ2n) is 5.18. The van der Waals surface area contributed by atoms with Gasteiger partial charge in [0.2, 0.25) is 0 Å². The van der Waals surface area contributed by atoms with Crippen LogP contribution in [-0.2, 0) is 6.54 Å². The Bertz CT molecular complexity index is 873. The van der Waals surface area contributed by atoms with E-state index in [-0.39, 0.29) is 0 Å². The van der Waals surface area contributed by atoms with E-state index in [1.165, 1.54) is 6.33 Å². The van der Waals surface area contributed by atoms with Crippen LogP contribution in [0.1, 0.15) is 16.8 Å². The van der Waals surface area contributed by atoms with E-state index in [0.29, 0.717) is 12.4 Å².